The number of unbranched alkanes of at least 4 members (excludes halogenated alkanes) is 2. The Balaban J connectivity index is 1.33. The number of hydrogen-bond acceptors (Lipinski definition) is 7. The van der Waals surface area contributed by atoms with Crippen LogP contribution in [-0.2, 0) is 30.5 Å². The summed E-state index contributed by atoms with van der Waals surface area (Å²) in [4.78, 5) is 39.9. The highest BCUT2D eigenvalue weighted by molar-refractivity contribution is 5.90. The molecule has 5 rings (SSSR count). The summed E-state index contributed by atoms with van der Waals surface area (Å²) in [6.07, 6.45) is 8.44. The number of rotatable bonds is 13. The summed E-state index contributed by atoms with van der Waals surface area (Å²) < 4.78 is 13.6. The number of carbonyl (C=O) groups is 3. The van der Waals surface area contributed by atoms with E-state index in [2.05, 4.69) is 27.8 Å². The van der Waals surface area contributed by atoms with E-state index < -0.39 is 6.29 Å². The van der Waals surface area contributed by atoms with Crippen LogP contribution in [0, 0.1) is 11.8 Å². The smallest absolute Gasteiger partial charge is 0.237 e. The van der Waals surface area contributed by atoms with Gasteiger partial charge in [-0.25, -0.2) is 0 Å². The number of aliphatic hydroxyl groups excluding tert-OH is 1. The van der Waals surface area contributed by atoms with Gasteiger partial charge in [-0.1, -0.05) is 62.6 Å². The monoisotopic (exact) mass is 704 g/mol. The number of fused-ring (bicyclic) bond motifs is 1. The molecule has 10 heteroatoms. The zero-order chi connectivity index (χ0) is 36.5. The van der Waals surface area contributed by atoms with Crippen molar-refractivity contribution in [2.75, 3.05) is 18.4 Å². The first kappa shape index (κ1) is 38.9. The molecule has 0 radical (unpaired) electrons. The van der Waals surface area contributed by atoms with E-state index in [0.29, 0.717) is 37.2 Å². The Labute approximate surface area is 304 Å². The van der Waals surface area contributed by atoms with Crippen LogP contribution >= 0.6 is 0 Å². The first-order valence-corrected chi connectivity index (χ1v) is 19.1. The molecule has 1 saturated carbocycles. The van der Waals surface area contributed by atoms with E-state index in [0.717, 1.165) is 55.2 Å². The maximum Gasteiger partial charge on any atom is 0.237 e. The number of carbonyl (C=O) groups excluding carboxylic acids is 3. The first-order valence-electron chi connectivity index (χ1n) is 19.1. The zero-order valence-electron chi connectivity index (χ0n) is 31.3. The number of aliphatic hydroxyl groups is 1. The summed E-state index contributed by atoms with van der Waals surface area (Å²) >= 11 is 0. The molecule has 2 aromatic rings. The van der Waals surface area contributed by atoms with Crippen LogP contribution in [-0.4, -0.2) is 64.5 Å². The second-order valence-electron chi connectivity index (χ2n) is 15.9. The van der Waals surface area contributed by atoms with Gasteiger partial charge in [-0.3, -0.25) is 19.3 Å². The summed E-state index contributed by atoms with van der Waals surface area (Å²) in [5, 5.41) is 18.7. The van der Waals surface area contributed by atoms with Gasteiger partial charge in [0.25, 0.3) is 0 Å². The van der Waals surface area contributed by atoms with E-state index in [9.17, 15) is 19.5 Å². The molecule has 4 N–H and O–H groups in total. The average molecular weight is 705 g/mol. The highest BCUT2D eigenvalue weighted by atomic mass is 16.7. The molecular weight excluding hydrogens is 644 g/mol. The van der Waals surface area contributed by atoms with E-state index >= 15 is 0 Å². The maximum atomic E-state index is 13.8. The van der Waals surface area contributed by atoms with Crippen LogP contribution in [0.2, 0.25) is 0 Å². The number of likely N-dealkylation sites (tertiary alicyclic amines) is 1. The Bertz CT molecular complexity index is 1440. The summed E-state index contributed by atoms with van der Waals surface area (Å²) in [7, 11) is 0. The van der Waals surface area contributed by atoms with Crippen molar-refractivity contribution < 1.29 is 29.0 Å². The molecule has 3 amide bonds. The number of amides is 3. The Morgan fingerprint density at radius 3 is 2.27 bits per heavy atom. The molecule has 0 aromatic heterocycles. The highest BCUT2D eigenvalue weighted by Crippen LogP contribution is 2.44. The second kappa shape index (κ2) is 17.9. The predicted molar refractivity (Wildman–Crippen MR) is 199 cm³/mol. The number of benzene rings is 2. The van der Waals surface area contributed by atoms with Crippen LogP contribution in [0.3, 0.4) is 0 Å². The molecule has 51 heavy (non-hydrogen) atoms. The standard InChI is InChI=1S/C41H60N4O6/c1-27-36(25-45-34-12-9-8-11-30(34)20-23-35(45)39(49)44-41(3,4)5)50-40(51-38(27)31-16-14-29(26-46)15-17-31)32-18-21-33(22-19-32)43-37(48)13-7-6-10-24-42-28(2)47/h14-19,21-22,27,30,34-36,38,40,46H,6-13,20,23-26H2,1-5H3,(H,42,47)(H,43,48)(H,44,49). The van der Waals surface area contributed by atoms with Crippen LogP contribution in [0.1, 0.15) is 128 Å². The third kappa shape index (κ3) is 10.9. The van der Waals surface area contributed by atoms with Gasteiger partial charge in [0.2, 0.25) is 17.7 Å². The van der Waals surface area contributed by atoms with Crippen molar-refractivity contribution in [2.24, 2.45) is 11.8 Å². The summed E-state index contributed by atoms with van der Waals surface area (Å²) in [6.45, 7) is 11.0. The van der Waals surface area contributed by atoms with Crippen LogP contribution in [0.25, 0.3) is 0 Å². The molecule has 2 aliphatic heterocycles. The molecule has 2 aromatic carbocycles. The van der Waals surface area contributed by atoms with Crippen molar-refractivity contribution in [3.8, 4) is 0 Å². The normalized spacial score (nSPS) is 26.9. The van der Waals surface area contributed by atoms with Crippen molar-refractivity contribution in [3.05, 3.63) is 65.2 Å². The molecule has 1 aliphatic carbocycles. The molecule has 0 spiro atoms. The Kier molecular flexibility index (Phi) is 13.7. The molecule has 280 valence electrons. The molecule has 3 aliphatic rings. The van der Waals surface area contributed by atoms with Gasteiger partial charge >= 0.3 is 0 Å². The van der Waals surface area contributed by atoms with Crippen molar-refractivity contribution >= 4 is 23.4 Å². The summed E-state index contributed by atoms with van der Waals surface area (Å²) in [5.74, 6) is 0.609. The lowest BCUT2D eigenvalue weighted by molar-refractivity contribution is -0.278. The fourth-order valence-corrected chi connectivity index (χ4v) is 8.06. The molecule has 2 heterocycles. The van der Waals surface area contributed by atoms with Crippen LogP contribution < -0.4 is 16.0 Å². The van der Waals surface area contributed by atoms with Gasteiger partial charge < -0.3 is 30.5 Å². The van der Waals surface area contributed by atoms with E-state index in [4.69, 9.17) is 9.47 Å². The molecular formula is C41H60N4O6. The number of anilines is 1. The highest BCUT2D eigenvalue weighted by Gasteiger charge is 2.46. The molecule has 7 unspecified atom stereocenters. The van der Waals surface area contributed by atoms with E-state index in [1.807, 2.05) is 69.3 Å². The van der Waals surface area contributed by atoms with Gasteiger partial charge in [0.05, 0.1) is 24.9 Å². The molecule has 2 saturated heterocycles. The van der Waals surface area contributed by atoms with Crippen LogP contribution in [0.5, 0.6) is 0 Å². The van der Waals surface area contributed by atoms with Gasteiger partial charge in [0, 0.05) is 55.2 Å². The van der Waals surface area contributed by atoms with E-state index in [1.54, 1.807) is 0 Å². The second-order valence-corrected chi connectivity index (χ2v) is 15.9. The third-order valence-corrected chi connectivity index (χ3v) is 10.7. The quantitative estimate of drug-likeness (QED) is 0.174. The minimum absolute atomic E-state index is 0.00618. The van der Waals surface area contributed by atoms with E-state index in [1.165, 1.54) is 26.2 Å². The Morgan fingerprint density at radius 1 is 0.882 bits per heavy atom. The summed E-state index contributed by atoms with van der Waals surface area (Å²) in [5.41, 5.74) is 3.12. The molecule has 10 nitrogen and oxygen atoms in total. The van der Waals surface area contributed by atoms with Gasteiger partial charge in [0.15, 0.2) is 6.29 Å². The van der Waals surface area contributed by atoms with Crippen molar-refractivity contribution in [1.82, 2.24) is 15.5 Å². The van der Waals surface area contributed by atoms with Gasteiger partial charge in [-0.15, -0.1) is 0 Å². The van der Waals surface area contributed by atoms with Crippen molar-refractivity contribution in [3.63, 3.8) is 0 Å². The van der Waals surface area contributed by atoms with Crippen molar-refractivity contribution in [1.29, 1.82) is 0 Å². The zero-order valence-corrected chi connectivity index (χ0v) is 31.3. The lowest BCUT2D eigenvalue weighted by Gasteiger charge is -2.51. The third-order valence-electron chi connectivity index (χ3n) is 10.7. The molecule has 3 fully saturated rings. The number of hydrogen-bond donors (Lipinski definition) is 4. The molecule has 7 atom stereocenters. The Hall–Kier alpha value is -3.31. The predicted octanol–water partition coefficient (Wildman–Crippen LogP) is 6.54. The van der Waals surface area contributed by atoms with E-state index in [-0.39, 0.29) is 54.0 Å². The van der Waals surface area contributed by atoms with Crippen LogP contribution in [0.4, 0.5) is 5.69 Å². The number of nitrogens with one attached hydrogen (secondary N) is 3. The fraction of sp³-hybridized carbons (Fsp3) is 0.634. The number of nitrogens with zero attached hydrogens (tertiary/aromatic N) is 1. The largest absolute Gasteiger partial charge is 0.392 e. The number of piperidine rings is 1. The lowest BCUT2D eigenvalue weighted by atomic mass is 9.75. The molecule has 0 bridgehead atoms. The topological polar surface area (TPSA) is 129 Å². The van der Waals surface area contributed by atoms with Crippen molar-refractivity contribution in [2.45, 2.75) is 142 Å². The minimum Gasteiger partial charge on any atom is -0.392 e. The maximum absolute atomic E-state index is 13.8. The summed E-state index contributed by atoms with van der Waals surface area (Å²) in [6, 6.07) is 15.8. The fourth-order valence-electron chi connectivity index (χ4n) is 8.06. The van der Waals surface area contributed by atoms with Gasteiger partial charge in [-0.2, -0.15) is 0 Å². The average Bonchev–Trinajstić information content (AvgIpc) is 3.10. The SMILES string of the molecule is CC(=O)NCCCCCC(=O)Nc1ccc(C2OC(CN3C(C(=O)NC(C)(C)C)CCC4CCCCC43)C(C)C(c3ccc(CO)cc3)O2)cc1. The minimum atomic E-state index is -0.643. The van der Waals surface area contributed by atoms with Gasteiger partial charge in [-0.05, 0) is 88.5 Å². The Morgan fingerprint density at radius 2 is 1.59 bits per heavy atom. The lowest BCUT2D eigenvalue weighted by Crippen LogP contribution is -2.61. The first-order chi connectivity index (χ1) is 24.4. The number of ether oxygens (including phenoxy) is 2. The van der Waals surface area contributed by atoms with Crippen LogP contribution in [0.15, 0.2) is 48.5 Å². The van der Waals surface area contributed by atoms with Gasteiger partial charge in [0.1, 0.15) is 0 Å².